The smallest absolute Gasteiger partial charge is 0.303 e. The standard InChI is InChI=1S/C15H22BrNO4/c1-10(2)17(6-4-5-14(18)19)9-11-7-12(16)15(20)13(8-11)21-3/h7-8,10,20H,4-6,9H2,1-3H3,(H,18,19). The summed E-state index contributed by atoms with van der Waals surface area (Å²) in [6, 6.07) is 3.95. The zero-order valence-electron chi connectivity index (χ0n) is 12.6. The number of phenols is 1. The van der Waals surface area contributed by atoms with Crippen LogP contribution in [0.15, 0.2) is 16.6 Å². The lowest BCUT2D eigenvalue weighted by Gasteiger charge is -2.26. The van der Waals surface area contributed by atoms with Crippen LogP contribution in [0.4, 0.5) is 0 Å². The van der Waals surface area contributed by atoms with E-state index in [0.717, 1.165) is 5.56 Å². The van der Waals surface area contributed by atoms with E-state index < -0.39 is 5.97 Å². The minimum atomic E-state index is -0.771. The van der Waals surface area contributed by atoms with Crippen molar-refractivity contribution in [2.24, 2.45) is 0 Å². The summed E-state index contributed by atoms with van der Waals surface area (Å²) in [7, 11) is 1.51. The first-order valence-electron chi connectivity index (χ1n) is 6.86. The molecule has 0 radical (unpaired) electrons. The van der Waals surface area contributed by atoms with Crippen molar-refractivity contribution < 1.29 is 19.7 Å². The van der Waals surface area contributed by atoms with E-state index in [0.29, 0.717) is 35.8 Å². The largest absolute Gasteiger partial charge is 0.503 e. The number of benzene rings is 1. The molecule has 1 rings (SSSR count). The van der Waals surface area contributed by atoms with Gasteiger partial charge in [-0.05, 0) is 60.4 Å². The third kappa shape index (κ3) is 5.55. The molecule has 0 aliphatic carbocycles. The maximum absolute atomic E-state index is 10.6. The van der Waals surface area contributed by atoms with Crippen LogP contribution in [0.2, 0.25) is 0 Å². The Kier molecular flexibility index (Phi) is 6.98. The average molecular weight is 360 g/mol. The van der Waals surface area contributed by atoms with Crippen molar-refractivity contribution in [3.05, 3.63) is 22.2 Å². The number of methoxy groups -OCH3 is 1. The molecule has 0 aliphatic rings. The molecule has 5 nitrogen and oxygen atoms in total. The highest BCUT2D eigenvalue weighted by atomic mass is 79.9. The molecule has 0 bridgehead atoms. The van der Waals surface area contributed by atoms with E-state index in [1.54, 1.807) is 6.07 Å². The van der Waals surface area contributed by atoms with Gasteiger partial charge in [0.15, 0.2) is 11.5 Å². The van der Waals surface area contributed by atoms with Crippen LogP contribution in [0.3, 0.4) is 0 Å². The lowest BCUT2D eigenvalue weighted by atomic mass is 10.1. The van der Waals surface area contributed by atoms with Gasteiger partial charge >= 0.3 is 5.97 Å². The molecule has 2 N–H and O–H groups in total. The number of ether oxygens (including phenoxy) is 1. The zero-order valence-corrected chi connectivity index (χ0v) is 14.2. The van der Waals surface area contributed by atoms with Gasteiger partial charge in [-0.1, -0.05) is 0 Å². The minimum absolute atomic E-state index is 0.0863. The predicted molar refractivity (Wildman–Crippen MR) is 84.8 cm³/mol. The first-order valence-corrected chi connectivity index (χ1v) is 7.65. The average Bonchev–Trinajstić information content (AvgIpc) is 2.40. The highest BCUT2D eigenvalue weighted by Gasteiger charge is 2.14. The van der Waals surface area contributed by atoms with Gasteiger partial charge in [-0.2, -0.15) is 0 Å². The topological polar surface area (TPSA) is 70.0 Å². The third-order valence-corrected chi connectivity index (χ3v) is 3.86. The number of rotatable bonds is 8. The minimum Gasteiger partial charge on any atom is -0.503 e. The summed E-state index contributed by atoms with van der Waals surface area (Å²) in [5.41, 5.74) is 1.00. The number of hydrogen-bond acceptors (Lipinski definition) is 4. The Hall–Kier alpha value is -1.27. The van der Waals surface area contributed by atoms with Gasteiger partial charge in [-0.25, -0.2) is 0 Å². The molecule has 118 valence electrons. The van der Waals surface area contributed by atoms with Gasteiger partial charge in [0.25, 0.3) is 0 Å². The van der Waals surface area contributed by atoms with Gasteiger partial charge in [0.2, 0.25) is 0 Å². The number of carboxylic acid groups (broad SMARTS) is 1. The van der Waals surface area contributed by atoms with Crippen LogP contribution in [0.25, 0.3) is 0 Å². The van der Waals surface area contributed by atoms with E-state index in [9.17, 15) is 9.90 Å². The summed E-state index contributed by atoms with van der Waals surface area (Å²) in [4.78, 5) is 12.8. The number of aliphatic carboxylic acids is 1. The molecular formula is C15H22BrNO4. The maximum atomic E-state index is 10.6. The quantitative estimate of drug-likeness (QED) is 0.745. The van der Waals surface area contributed by atoms with Crippen LogP contribution in [0.5, 0.6) is 11.5 Å². The van der Waals surface area contributed by atoms with Crippen molar-refractivity contribution in [2.75, 3.05) is 13.7 Å². The van der Waals surface area contributed by atoms with E-state index in [2.05, 4.69) is 34.7 Å². The lowest BCUT2D eigenvalue weighted by molar-refractivity contribution is -0.137. The van der Waals surface area contributed by atoms with Crippen LogP contribution in [0.1, 0.15) is 32.3 Å². The second kappa shape index (κ2) is 8.24. The van der Waals surface area contributed by atoms with Crippen LogP contribution in [0, 0.1) is 0 Å². The van der Waals surface area contributed by atoms with Gasteiger partial charge in [0, 0.05) is 19.0 Å². The van der Waals surface area contributed by atoms with Crippen molar-refractivity contribution in [3.8, 4) is 11.5 Å². The SMILES string of the molecule is COc1cc(CN(CCCC(=O)O)C(C)C)cc(Br)c1O. The van der Waals surface area contributed by atoms with Crippen LogP contribution in [-0.4, -0.2) is 40.8 Å². The second-order valence-electron chi connectivity index (χ2n) is 5.19. The molecule has 0 heterocycles. The third-order valence-electron chi connectivity index (χ3n) is 3.26. The van der Waals surface area contributed by atoms with Crippen molar-refractivity contribution in [3.63, 3.8) is 0 Å². The molecule has 0 saturated heterocycles. The van der Waals surface area contributed by atoms with E-state index in [1.807, 2.05) is 6.07 Å². The van der Waals surface area contributed by atoms with E-state index in [4.69, 9.17) is 9.84 Å². The number of carboxylic acids is 1. The number of nitrogens with zero attached hydrogens (tertiary/aromatic N) is 1. The first kappa shape index (κ1) is 17.8. The number of halogens is 1. The number of carbonyl (C=O) groups is 1. The summed E-state index contributed by atoms with van der Waals surface area (Å²) < 4.78 is 5.73. The van der Waals surface area contributed by atoms with E-state index >= 15 is 0 Å². The molecule has 6 heteroatoms. The Morgan fingerprint density at radius 1 is 1.43 bits per heavy atom. The molecule has 1 aromatic carbocycles. The molecule has 1 aromatic rings. The Balaban J connectivity index is 2.79. The monoisotopic (exact) mass is 359 g/mol. The Bertz CT molecular complexity index is 491. The number of phenolic OH excluding ortho intramolecular Hbond substituents is 1. The van der Waals surface area contributed by atoms with Crippen molar-refractivity contribution in [1.29, 1.82) is 0 Å². The fourth-order valence-corrected chi connectivity index (χ4v) is 2.55. The van der Waals surface area contributed by atoms with E-state index in [-0.39, 0.29) is 12.2 Å². The highest BCUT2D eigenvalue weighted by molar-refractivity contribution is 9.10. The molecular weight excluding hydrogens is 338 g/mol. The second-order valence-corrected chi connectivity index (χ2v) is 6.04. The molecule has 0 fully saturated rings. The van der Waals surface area contributed by atoms with Crippen molar-refractivity contribution >= 4 is 21.9 Å². The van der Waals surface area contributed by atoms with Gasteiger partial charge < -0.3 is 14.9 Å². The van der Waals surface area contributed by atoms with Crippen LogP contribution >= 0.6 is 15.9 Å². The number of hydrogen-bond donors (Lipinski definition) is 2. The summed E-state index contributed by atoms with van der Waals surface area (Å²) >= 11 is 3.31. The Morgan fingerprint density at radius 3 is 2.62 bits per heavy atom. The summed E-state index contributed by atoms with van der Waals surface area (Å²) in [5.74, 6) is -0.260. The molecule has 0 aromatic heterocycles. The summed E-state index contributed by atoms with van der Waals surface area (Å²) in [6.07, 6.45) is 0.787. The van der Waals surface area contributed by atoms with Crippen molar-refractivity contribution in [2.45, 2.75) is 39.3 Å². The Morgan fingerprint density at radius 2 is 2.10 bits per heavy atom. The summed E-state index contributed by atoms with van der Waals surface area (Å²) in [6.45, 7) is 5.54. The summed E-state index contributed by atoms with van der Waals surface area (Å²) in [5, 5.41) is 18.5. The zero-order chi connectivity index (χ0) is 16.0. The molecule has 0 saturated carbocycles. The van der Waals surface area contributed by atoms with Gasteiger partial charge in [-0.15, -0.1) is 0 Å². The fraction of sp³-hybridized carbons (Fsp3) is 0.533. The molecule has 21 heavy (non-hydrogen) atoms. The Labute approximate surface area is 133 Å². The molecule has 0 aliphatic heterocycles. The molecule has 0 spiro atoms. The molecule has 0 unspecified atom stereocenters. The van der Waals surface area contributed by atoms with Gasteiger partial charge in [0.1, 0.15) is 0 Å². The fourth-order valence-electron chi connectivity index (χ4n) is 2.06. The normalized spacial score (nSPS) is 11.1. The highest BCUT2D eigenvalue weighted by Crippen LogP contribution is 2.35. The molecule has 0 amide bonds. The van der Waals surface area contributed by atoms with Gasteiger partial charge in [-0.3, -0.25) is 9.69 Å². The molecule has 0 atom stereocenters. The lowest BCUT2D eigenvalue weighted by Crippen LogP contribution is -2.31. The van der Waals surface area contributed by atoms with Crippen molar-refractivity contribution in [1.82, 2.24) is 4.90 Å². The maximum Gasteiger partial charge on any atom is 0.303 e. The van der Waals surface area contributed by atoms with Gasteiger partial charge in [0.05, 0.1) is 11.6 Å². The number of aromatic hydroxyl groups is 1. The predicted octanol–water partition coefficient (Wildman–Crippen LogP) is 3.24. The van der Waals surface area contributed by atoms with Crippen LogP contribution < -0.4 is 4.74 Å². The van der Waals surface area contributed by atoms with Crippen LogP contribution in [-0.2, 0) is 11.3 Å². The first-order chi connectivity index (χ1) is 9.85. The van der Waals surface area contributed by atoms with E-state index in [1.165, 1.54) is 7.11 Å².